The molecule has 242 valence electrons. The van der Waals surface area contributed by atoms with Gasteiger partial charge in [-0.2, -0.15) is 0 Å². The number of fused-ring (bicyclic) bond motifs is 12. The summed E-state index contributed by atoms with van der Waals surface area (Å²) in [5, 5.41) is 7.30. The second kappa shape index (κ2) is 10.2. The molecular weight excluding hydrogens is 639 g/mol. The first-order valence-electron chi connectivity index (χ1n) is 17.5. The highest BCUT2D eigenvalue weighted by Gasteiger charge is 2.21. The molecule has 12 rings (SSSR count). The molecular formula is C46H27N5O. The molecule has 0 spiro atoms. The molecule has 6 aromatic carbocycles. The van der Waals surface area contributed by atoms with Crippen LogP contribution in [0.5, 0.6) is 0 Å². The molecule has 6 aromatic heterocycles. The van der Waals surface area contributed by atoms with Crippen molar-refractivity contribution in [1.82, 2.24) is 23.7 Å². The Morgan fingerprint density at radius 1 is 0.365 bits per heavy atom. The van der Waals surface area contributed by atoms with Crippen LogP contribution in [0.25, 0.3) is 105 Å². The Hall–Kier alpha value is -7.18. The number of para-hydroxylation sites is 4. The molecule has 0 aliphatic heterocycles. The highest BCUT2D eigenvalue weighted by atomic mass is 16.3. The van der Waals surface area contributed by atoms with Crippen molar-refractivity contribution >= 4 is 87.6 Å². The largest absolute Gasteiger partial charge is 0.450 e. The third-order valence-electron chi connectivity index (χ3n) is 10.7. The average Bonchev–Trinajstić information content (AvgIpc) is 3.94. The average molecular weight is 666 g/mol. The van der Waals surface area contributed by atoms with Gasteiger partial charge in [0.15, 0.2) is 11.2 Å². The monoisotopic (exact) mass is 665 g/mol. The Kier molecular flexibility index (Phi) is 5.41. The van der Waals surface area contributed by atoms with E-state index in [2.05, 4.69) is 157 Å². The highest BCUT2D eigenvalue weighted by molar-refractivity contribution is 6.14. The van der Waals surface area contributed by atoms with E-state index in [0.717, 1.165) is 50.3 Å². The fourth-order valence-corrected chi connectivity index (χ4v) is 8.58. The van der Waals surface area contributed by atoms with E-state index in [1.54, 1.807) is 6.20 Å². The first-order valence-corrected chi connectivity index (χ1v) is 17.5. The minimum absolute atomic E-state index is 0.726. The Balaban J connectivity index is 1.10. The van der Waals surface area contributed by atoms with Crippen molar-refractivity contribution in [1.29, 1.82) is 0 Å². The molecule has 0 fully saturated rings. The van der Waals surface area contributed by atoms with Crippen LogP contribution in [0.15, 0.2) is 168 Å². The van der Waals surface area contributed by atoms with Gasteiger partial charge in [0.2, 0.25) is 0 Å². The lowest BCUT2D eigenvalue weighted by Crippen LogP contribution is -1.97. The van der Waals surface area contributed by atoms with Crippen LogP contribution in [0.4, 0.5) is 0 Å². The van der Waals surface area contributed by atoms with Crippen LogP contribution in [0, 0.1) is 0 Å². The molecule has 6 heterocycles. The lowest BCUT2D eigenvalue weighted by molar-refractivity contribution is 0.665. The van der Waals surface area contributed by atoms with E-state index in [1.807, 2.05) is 24.4 Å². The van der Waals surface area contributed by atoms with E-state index < -0.39 is 0 Å². The smallest absolute Gasteiger partial charge is 0.179 e. The molecule has 0 aliphatic carbocycles. The van der Waals surface area contributed by atoms with Gasteiger partial charge in [0, 0.05) is 56.1 Å². The number of furan rings is 1. The van der Waals surface area contributed by atoms with Gasteiger partial charge in [-0.25, -0.2) is 0 Å². The van der Waals surface area contributed by atoms with Crippen molar-refractivity contribution in [2.75, 3.05) is 0 Å². The summed E-state index contributed by atoms with van der Waals surface area (Å²) < 4.78 is 13.5. The molecule has 12 aromatic rings. The van der Waals surface area contributed by atoms with Gasteiger partial charge in [0.05, 0.1) is 38.8 Å². The number of nitrogens with zero attached hydrogens (tertiary/aromatic N) is 5. The lowest BCUT2D eigenvalue weighted by Gasteiger charge is -2.11. The Bertz CT molecular complexity index is 3380. The standard InChI is InChI=1S/C46H27N5O/c1-5-14-36-30(10-1)31-11-2-6-15-37(31)49(36)28-19-21-40-34(26-28)32-12-3-7-16-38(32)50(40)29-20-22-41-35(27-29)33-13-4-8-17-39(33)51(41)42-23-25-48-45-44-43(52-46(42)45)18-9-24-47-44/h1-27H. The molecule has 0 saturated carbocycles. The summed E-state index contributed by atoms with van der Waals surface area (Å²) in [4.78, 5) is 9.27. The third kappa shape index (κ3) is 3.62. The van der Waals surface area contributed by atoms with Crippen molar-refractivity contribution in [3.8, 4) is 17.1 Å². The van der Waals surface area contributed by atoms with Gasteiger partial charge < -0.3 is 18.1 Å². The zero-order valence-corrected chi connectivity index (χ0v) is 27.7. The van der Waals surface area contributed by atoms with Crippen LogP contribution in [0.3, 0.4) is 0 Å². The van der Waals surface area contributed by atoms with Crippen molar-refractivity contribution in [2.24, 2.45) is 0 Å². The van der Waals surface area contributed by atoms with Gasteiger partial charge in [0.1, 0.15) is 11.0 Å². The van der Waals surface area contributed by atoms with Gasteiger partial charge in [-0.05, 0) is 78.9 Å². The van der Waals surface area contributed by atoms with Crippen LogP contribution < -0.4 is 0 Å². The normalized spacial score (nSPS) is 12.2. The van der Waals surface area contributed by atoms with Crippen molar-refractivity contribution in [2.45, 2.75) is 0 Å². The minimum atomic E-state index is 0.726. The Morgan fingerprint density at radius 2 is 0.827 bits per heavy atom. The van der Waals surface area contributed by atoms with Crippen molar-refractivity contribution in [3.05, 3.63) is 164 Å². The van der Waals surface area contributed by atoms with Gasteiger partial charge >= 0.3 is 0 Å². The fraction of sp³-hybridized carbons (Fsp3) is 0. The van der Waals surface area contributed by atoms with Crippen LogP contribution in [0.1, 0.15) is 0 Å². The molecule has 0 atom stereocenters. The molecule has 0 radical (unpaired) electrons. The molecule has 0 saturated heterocycles. The van der Waals surface area contributed by atoms with E-state index in [4.69, 9.17) is 4.42 Å². The molecule has 0 aliphatic rings. The highest BCUT2D eigenvalue weighted by Crippen LogP contribution is 2.40. The summed E-state index contributed by atoms with van der Waals surface area (Å²) in [6, 6.07) is 54.3. The predicted octanol–water partition coefficient (Wildman–Crippen LogP) is 11.7. The van der Waals surface area contributed by atoms with E-state index in [1.165, 1.54) is 54.4 Å². The third-order valence-corrected chi connectivity index (χ3v) is 10.7. The van der Waals surface area contributed by atoms with Crippen molar-refractivity contribution in [3.63, 3.8) is 0 Å². The quantitative estimate of drug-likeness (QED) is 0.189. The zero-order chi connectivity index (χ0) is 33.9. The fourth-order valence-electron chi connectivity index (χ4n) is 8.58. The SMILES string of the molecule is c1cnc2c(c1)oc1c(-n3c4ccccc4c4cc(-n5c6ccccc6c6cc(-n7c8ccccc8c8ccccc87)ccc65)ccc43)ccnc12. The van der Waals surface area contributed by atoms with E-state index in [-0.39, 0.29) is 0 Å². The van der Waals surface area contributed by atoms with Gasteiger partial charge in [-0.3, -0.25) is 9.97 Å². The topological polar surface area (TPSA) is 53.7 Å². The number of hydrogen-bond acceptors (Lipinski definition) is 3. The van der Waals surface area contributed by atoms with Crippen LogP contribution in [-0.2, 0) is 0 Å². The number of pyridine rings is 2. The molecule has 0 amide bonds. The van der Waals surface area contributed by atoms with Crippen molar-refractivity contribution < 1.29 is 4.42 Å². The number of rotatable bonds is 3. The van der Waals surface area contributed by atoms with Crippen LogP contribution >= 0.6 is 0 Å². The molecule has 0 unspecified atom stereocenters. The van der Waals surface area contributed by atoms with Gasteiger partial charge in [-0.1, -0.05) is 72.8 Å². The van der Waals surface area contributed by atoms with Gasteiger partial charge in [0.25, 0.3) is 0 Å². The molecule has 6 heteroatoms. The van der Waals surface area contributed by atoms with Crippen LogP contribution in [0.2, 0.25) is 0 Å². The zero-order valence-electron chi connectivity index (χ0n) is 27.7. The summed E-state index contributed by atoms with van der Waals surface area (Å²) in [6.07, 6.45) is 3.63. The van der Waals surface area contributed by atoms with Crippen LogP contribution in [-0.4, -0.2) is 23.7 Å². The van der Waals surface area contributed by atoms with E-state index in [9.17, 15) is 0 Å². The van der Waals surface area contributed by atoms with E-state index in [0.29, 0.717) is 0 Å². The Labute approximate surface area is 296 Å². The van der Waals surface area contributed by atoms with E-state index >= 15 is 0 Å². The maximum Gasteiger partial charge on any atom is 0.179 e. The predicted molar refractivity (Wildman–Crippen MR) is 212 cm³/mol. The summed E-state index contributed by atoms with van der Waals surface area (Å²) in [6.45, 7) is 0. The Morgan fingerprint density at radius 3 is 1.40 bits per heavy atom. The second-order valence-corrected chi connectivity index (χ2v) is 13.4. The summed E-state index contributed by atoms with van der Waals surface area (Å²) in [5.41, 5.74) is 13.1. The molecule has 52 heavy (non-hydrogen) atoms. The summed E-state index contributed by atoms with van der Waals surface area (Å²) in [7, 11) is 0. The maximum absolute atomic E-state index is 6.42. The minimum Gasteiger partial charge on any atom is -0.450 e. The molecule has 6 nitrogen and oxygen atoms in total. The molecule has 0 N–H and O–H groups in total. The first-order chi connectivity index (χ1) is 25.8. The molecule has 0 bridgehead atoms. The number of aromatic nitrogens is 5. The maximum atomic E-state index is 6.42. The summed E-state index contributed by atoms with van der Waals surface area (Å²) in [5.74, 6) is 0. The first kappa shape index (κ1) is 27.6. The second-order valence-electron chi connectivity index (χ2n) is 13.4. The lowest BCUT2D eigenvalue weighted by atomic mass is 10.1. The van der Waals surface area contributed by atoms with Gasteiger partial charge in [-0.15, -0.1) is 0 Å². The summed E-state index contributed by atoms with van der Waals surface area (Å²) >= 11 is 0. The number of hydrogen-bond donors (Lipinski definition) is 0. The number of benzene rings is 6.